The molecule has 0 radical (unpaired) electrons. The Balaban J connectivity index is 1.25. The van der Waals surface area contributed by atoms with Crippen LogP contribution < -0.4 is 4.90 Å². The van der Waals surface area contributed by atoms with Crippen LogP contribution in [0, 0.1) is 12.7 Å². The van der Waals surface area contributed by atoms with E-state index in [1.807, 2.05) is 27.0 Å². The first-order chi connectivity index (χ1) is 18.9. The zero-order chi connectivity index (χ0) is 27.4. The van der Waals surface area contributed by atoms with Crippen molar-refractivity contribution in [1.82, 2.24) is 5.16 Å². The van der Waals surface area contributed by atoms with Crippen LogP contribution in [0.2, 0.25) is 0 Å². The molecule has 1 fully saturated rings. The lowest BCUT2D eigenvalue weighted by Crippen LogP contribution is -2.20. The molecule has 0 atom stereocenters. The topological polar surface area (TPSA) is 55.6 Å². The number of rotatable bonds is 11. The average Bonchev–Trinajstić information content (AvgIpc) is 3.61. The molecule has 0 amide bonds. The van der Waals surface area contributed by atoms with Crippen molar-refractivity contribution in [3.05, 3.63) is 95.4 Å². The number of carbonyl (C=O) groups excluding carboxylic acids is 1. The summed E-state index contributed by atoms with van der Waals surface area (Å²) in [6, 6.07) is 23.7. The van der Waals surface area contributed by atoms with Crippen molar-refractivity contribution >= 4 is 11.7 Å². The van der Waals surface area contributed by atoms with Gasteiger partial charge in [0.05, 0.1) is 13.0 Å². The summed E-state index contributed by atoms with van der Waals surface area (Å²) in [7, 11) is 2.04. The summed E-state index contributed by atoms with van der Waals surface area (Å²) >= 11 is 0. The first-order valence-electron chi connectivity index (χ1n) is 13.7. The highest BCUT2D eigenvalue weighted by Gasteiger charge is 2.46. The lowest BCUT2D eigenvalue weighted by atomic mass is 9.91. The number of halogens is 1. The summed E-state index contributed by atoms with van der Waals surface area (Å²) < 4.78 is 24.4. The number of hydrogen-bond acceptors (Lipinski definition) is 5. The number of hydrogen-bond donors (Lipinski definition) is 0. The van der Waals surface area contributed by atoms with Gasteiger partial charge in [-0.05, 0) is 73.9 Å². The van der Waals surface area contributed by atoms with Crippen LogP contribution in [0.5, 0.6) is 0 Å². The fourth-order valence-corrected chi connectivity index (χ4v) is 5.37. The Morgan fingerprint density at radius 3 is 2.33 bits per heavy atom. The third-order valence-corrected chi connectivity index (χ3v) is 7.68. The molecule has 0 N–H and O–H groups in total. The Morgan fingerprint density at radius 2 is 1.69 bits per heavy atom. The van der Waals surface area contributed by atoms with Crippen LogP contribution >= 0.6 is 0 Å². The predicted octanol–water partition coefficient (Wildman–Crippen LogP) is 7.51. The molecule has 4 aromatic rings. The molecule has 1 saturated carbocycles. The standard InChI is InChI=1S/C33H35FN2O3/c1-4-38-30(37)22-33(18-19-33)28-16-14-26(15-17-28)25-10-12-27(13-11-25)32-31(23(2)35-39-32)36(3)20-6-8-24-7-5-9-29(34)21-24/h5,7,9-17,21H,4,6,8,18-20,22H2,1-3H3. The smallest absolute Gasteiger partial charge is 0.306 e. The average molecular weight is 527 g/mol. The molecular weight excluding hydrogens is 491 g/mol. The van der Waals surface area contributed by atoms with Gasteiger partial charge in [-0.25, -0.2) is 4.39 Å². The van der Waals surface area contributed by atoms with Crippen molar-refractivity contribution in [2.24, 2.45) is 0 Å². The van der Waals surface area contributed by atoms with Gasteiger partial charge in [-0.3, -0.25) is 4.79 Å². The van der Waals surface area contributed by atoms with Crippen LogP contribution in [-0.4, -0.2) is 31.3 Å². The van der Waals surface area contributed by atoms with Crippen molar-refractivity contribution < 1.29 is 18.4 Å². The Bertz CT molecular complexity index is 1420. The summed E-state index contributed by atoms with van der Waals surface area (Å²) in [5.74, 6) is 0.435. The number of esters is 1. The molecule has 1 aliphatic rings. The van der Waals surface area contributed by atoms with Gasteiger partial charge < -0.3 is 14.2 Å². The minimum Gasteiger partial charge on any atom is -0.466 e. The van der Waals surface area contributed by atoms with E-state index in [0.29, 0.717) is 13.0 Å². The van der Waals surface area contributed by atoms with Gasteiger partial charge in [0.1, 0.15) is 17.2 Å². The van der Waals surface area contributed by atoms with Gasteiger partial charge in [0, 0.05) is 24.6 Å². The third-order valence-electron chi connectivity index (χ3n) is 7.68. The highest BCUT2D eigenvalue weighted by molar-refractivity contribution is 5.77. The lowest BCUT2D eigenvalue weighted by molar-refractivity contribution is -0.143. The number of ether oxygens (including phenoxy) is 1. The Morgan fingerprint density at radius 1 is 1.03 bits per heavy atom. The molecule has 0 unspecified atom stereocenters. The molecule has 202 valence electrons. The molecule has 1 aliphatic carbocycles. The van der Waals surface area contributed by atoms with Crippen LogP contribution in [0.1, 0.15) is 49.4 Å². The van der Waals surface area contributed by atoms with Crippen molar-refractivity contribution in [3.63, 3.8) is 0 Å². The predicted molar refractivity (Wildman–Crippen MR) is 152 cm³/mol. The van der Waals surface area contributed by atoms with Gasteiger partial charge in [0.2, 0.25) is 0 Å². The largest absolute Gasteiger partial charge is 0.466 e. The fraction of sp³-hybridized carbons (Fsp3) is 0.333. The second-order valence-corrected chi connectivity index (χ2v) is 10.5. The molecule has 3 aromatic carbocycles. The zero-order valence-corrected chi connectivity index (χ0v) is 22.9. The molecule has 1 aromatic heterocycles. The van der Waals surface area contributed by atoms with Crippen LogP contribution in [0.25, 0.3) is 22.5 Å². The van der Waals surface area contributed by atoms with E-state index in [2.05, 4.69) is 58.6 Å². The van der Waals surface area contributed by atoms with E-state index < -0.39 is 0 Å². The van der Waals surface area contributed by atoms with E-state index in [1.165, 1.54) is 11.6 Å². The maximum atomic E-state index is 13.5. The molecule has 0 spiro atoms. The second kappa shape index (κ2) is 11.4. The van der Waals surface area contributed by atoms with Gasteiger partial charge in [0.25, 0.3) is 0 Å². The van der Waals surface area contributed by atoms with Crippen LogP contribution in [0.15, 0.2) is 77.3 Å². The van der Waals surface area contributed by atoms with Gasteiger partial charge in [-0.1, -0.05) is 65.8 Å². The number of benzene rings is 3. The Kier molecular flexibility index (Phi) is 7.82. The quantitative estimate of drug-likeness (QED) is 0.189. The molecule has 1 heterocycles. The number of aryl methyl sites for hydroxylation is 2. The first-order valence-corrected chi connectivity index (χ1v) is 13.7. The summed E-state index contributed by atoms with van der Waals surface area (Å²) in [4.78, 5) is 14.2. The van der Waals surface area contributed by atoms with Gasteiger partial charge in [-0.15, -0.1) is 0 Å². The zero-order valence-electron chi connectivity index (χ0n) is 22.9. The number of anilines is 1. The van der Waals surface area contributed by atoms with Crippen molar-refractivity contribution in [2.75, 3.05) is 25.1 Å². The van der Waals surface area contributed by atoms with E-state index >= 15 is 0 Å². The second-order valence-electron chi connectivity index (χ2n) is 10.5. The first kappa shape index (κ1) is 26.7. The van der Waals surface area contributed by atoms with E-state index in [0.717, 1.165) is 71.6 Å². The van der Waals surface area contributed by atoms with Crippen LogP contribution in [0.3, 0.4) is 0 Å². The van der Waals surface area contributed by atoms with Gasteiger partial charge >= 0.3 is 5.97 Å². The maximum Gasteiger partial charge on any atom is 0.306 e. The molecule has 0 bridgehead atoms. The highest BCUT2D eigenvalue weighted by atomic mass is 19.1. The monoisotopic (exact) mass is 526 g/mol. The Labute approximate surface area is 229 Å². The molecule has 39 heavy (non-hydrogen) atoms. The van der Waals surface area contributed by atoms with Crippen LogP contribution in [-0.2, 0) is 21.4 Å². The van der Waals surface area contributed by atoms with Crippen molar-refractivity contribution in [3.8, 4) is 22.5 Å². The summed E-state index contributed by atoms with van der Waals surface area (Å²) in [5.41, 5.74) is 7.17. The van der Waals surface area contributed by atoms with Crippen LogP contribution in [0.4, 0.5) is 10.1 Å². The lowest BCUT2D eigenvalue weighted by Gasteiger charge is -2.19. The van der Waals surface area contributed by atoms with Gasteiger partial charge in [-0.2, -0.15) is 0 Å². The van der Waals surface area contributed by atoms with E-state index in [-0.39, 0.29) is 17.2 Å². The van der Waals surface area contributed by atoms with Gasteiger partial charge in [0.15, 0.2) is 5.76 Å². The number of carbonyl (C=O) groups is 1. The molecule has 6 heteroatoms. The molecular formula is C33H35FN2O3. The summed E-state index contributed by atoms with van der Waals surface area (Å²) in [5, 5.41) is 4.24. The minimum atomic E-state index is -0.196. The maximum absolute atomic E-state index is 13.5. The highest BCUT2D eigenvalue weighted by Crippen LogP contribution is 2.51. The van der Waals surface area contributed by atoms with E-state index in [4.69, 9.17) is 9.26 Å². The number of aromatic nitrogens is 1. The SMILES string of the molecule is CCOC(=O)CC1(c2ccc(-c3ccc(-c4onc(C)c4N(C)CCCc4cccc(F)c4)cc3)cc2)CC1. The molecule has 0 saturated heterocycles. The normalized spacial score (nSPS) is 13.7. The van der Waals surface area contributed by atoms with Crippen molar-refractivity contribution in [2.45, 2.75) is 51.4 Å². The fourth-order valence-electron chi connectivity index (χ4n) is 5.37. The molecule has 5 rings (SSSR count). The Hall–Kier alpha value is -3.93. The molecule has 5 nitrogen and oxygen atoms in total. The summed E-state index contributed by atoms with van der Waals surface area (Å²) in [6.45, 7) is 5.02. The van der Waals surface area contributed by atoms with Crippen molar-refractivity contribution in [1.29, 1.82) is 0 Å². The van der Waals surface area contributed by atoms with E-state index in [9.17, 15) is 9.18 Å². The summed E-state index contributed by atoms with van der Waals surface area (Å²) in [6.07, 6.45) is 4.20. The third kappa shape index (κ3) is 6.06. The van der Waals surface area contributed by atoms with E-state index in [1.54, 1.807) is 12.1 Å². The number of nitrogens with zero attached hydrogens (tertiary/aromatic N) is 2. The molecule has 0 aliphatic heterocycles. The minimum absolute atomic E-state index is 0.0570.